The van der Waals surface area contributed by atoms with Gasteiger partial charge >= 0.3 is 0 Å². The molecule has 4 N–H and O–H groups in total. The van der Waals surface area contributed by atoms with E-state index < -0.39 is 0 Å². The summed E-state index contributed by atoms with van der Waals surface area (Å²) in [6.07, 6.45) is 24.0. The summed E-state index contributed by atoms with van der Waals surface area (Å²) in [5, 5.41) is 0. The van der Waals surface area contributed by atoms with Crippen LogP contribution in [0.2, 0.25) is 0 Å². The highest BCUT2D eigenvalue weighted by atomic mass is 16.5. The van der Waals surface area contributed by atoms with Crippen LogP contribution in [0.15, 0.2) is 78.9 Å². The smallest absolute Gasteiger partial charge is 0.130 e. The van der Waals surface area contributed by atoms with Gasteiger partial charge in [0.25, 0.3) is 0 Å². The monoisotopic (exact) mass is 542 g/mol. The molecule has 216 valence electrons. The number of rotatable bonds is 20. The molecular formula is C36H50N2O2. The molecule has 3 aromatic rings. The van der Waals surface area contributed by atoms with Crippen LogP contribution in [0, 0.1) is 0 Å². The van der Waals surface area contributed by atoms with Crippen molar-refractivity contribution in [1.82, 2.24) is 0 Å². The first-order chi connectivity index (χ1) is 19.6. The zero-order valence-electron chi connectivity index (χ0n) is 24.6. The Morgan fingerprint density at radius 3 is 1.57 bits per heavy atom. The van der Waals surface area contributed by atoms with Crippen LogP contribution in [0.4, 0.5) is 11.4 Å². The summed E-state index contributed by atoms with van der Waals surface area (Å²) in [6.45, 7) is 2.28. The zero-order valence-corrected chi connectivity index (χ0v) is 24.6. The van der Waals surface area contributed by atoms with E-state index in [2.05, 4.69) is 25.1 Å². The first kappa shape index (κ1) is 31.1. The lowest BCUT2D eigenvalue weighted by atomic mass is 10.0. The third-order valence-electron chi connectivity index (χ3n) is 7.21. The van der Waals surface area contributed by atoms with Gasteiger partial charge in [0.05, 0.1) is 0 Å². The molecule has 0 saturated carbocycles. The van der Waals surface area contributed by atoms with Crippen molar-refractivity contribution in [3.63, 3.8) is 0 Å². The van der Waals surface area contributed by atoms with E-state index in [0.717, 1.165) is 52.8 Å². The van der Waals surface area contributed by atoms with Crippen molar-refractivity contribution in [3.05, 3.63) is 84.4 Å². The average Bonchev–Trinajstić information content (AvgIpc) is 2.96. The Morgan fingerprint density at radius 1 is 0.525 bits per heavy atom. The normalized spacial score (nSPS) is 11.2. The Balaban J connectivity index is 1.39. The van der Waals surface area contributed by atoms with Crippen LogP contribution in [0.25, 0.3) is 0 Å². The van der Waals surface area contributed by atoms with Crippen molar-refractivity contribution in [2.45, 2.75) is 103 Å². The molecule has 0 fully saturated rings. The van der Waals surface area contributed by atoms with Crippen LogP contribution < -0.4 is 20.9 Å². The number of unbranched alkanes of at least 4 members (excludes halogenated alkanes) is 12. The quantitative estimate of drug-likeness (QED) is 0.0846. The van der Waals surface area contributed by atoms with Crippen LogP contribution in [0.3, 0.4) is 0 Å². The van der Waals surface area contributed by atoms with E-state index in [4.69, 9.17) is 20.9 Å². The van der Waals surface area contributed by atoms with Gasteiger partial charge in [-0.05, 0) is 111 Å². The van der Waals surface area contributed by atoms with Gasteiger partial charge in [0.15, 0.2) is 0 Å². The van der Waals surface area contributed by atoms with E-state index in [0.29, 0.717) is 0 Å². The van der Waals surface area contributed by atoms with Crippen molar-refractivity contribution in [2.24, 2.45) is 0 Å². The highest BCUT2D eigenvalue weighted by Crippen LogP contribution is 2.32. The maximum atomic E-state index is 6.23. The fourth-order valence-electron chi connectivity index (χ4n) is 4.81. The van der Waals surface area contributed by atoms with E-state index in [1.54, 1.807) is 0 Å². The molecule has 0 aliphatic rings. The number of anilines is 2. The molecule has 4 heteroatoms. The van der Waals surface area contributed by atoms with E-state index in [-0.39, 0.29) is 0 Å². The number of nitrogens with two attached hydrogens (primary N) is 2. The summed E-state index contributed by atoms with van der Waals surface area (Å²) in [4.78, 5) is 0. The molecular weight excluding hydrogens is 492 g/mol. The summed E-state index contributed by atoms with van der Waals surface area (Å²) in [5.74, 6) is 3.21. The summed E-state index contributed by atoms with van der Waals surface area (Å²) < 4.78 is 12.3. The third kappa shape index (κ3) is 12.6. The number of benzene rings is 3. The molecule has 0 aliphatic heterocycles. The first-order valence-corrected chi connectivity index (χ1v) is 15.5. The highest BCUT2D eigenvalue weighted by Gasteiger charge is 2.09. The van der Waals surface area contributed by atoms with Gasteiger partial charge in [-0.25, -0.2) is 0 Å². The zero-order chi connectivity index (χ0) is 28.3. The van der Waals surface area contributed by atoms with Crippen molar-refractivity contribution >= 4 is 11.4 Å². The number of nitrogen functional groups attached to an aromatic ring is 2. The molecule has 0 heterocycles. The first-order valence-electron chi connectivity index (χ1n) is 15.5. The van der Waals surface area contributed by atoms with Gasteiger partial charge in [-0.15, -0.1) is 0 Å². The fourth-order valence-corrected chi connectivity index (χ4v) is 4.81. The summed E-state index contributed by atoms with van der Waals surface area (Å²) in [7, 11) is 0. The van der Waals surface area contributed by atoms with Gasteiger partial charge < -0.3 is 20.9 Å². The van der Waals surface area contributed by atoms with E-state index in [1.807, 2.05) is 60.7 Å². The second-order valence-corrected chi connectivity index (χ2v) is 10.8. The molecule has 0 bridgehead atoms. The molecule has 3 rings (SSSR count). The Kier molecular flexibility index (Phi) is 14.6. The number of ether oxygens (including phenoxy) is 2. The second-order valence-electron chi connectivity index (χ2n) is 10.8. The predicted molar refractivity (Wildman–Crippen MR) is 171 cm³/mol. The van der Waals surface area contributed by atoms with Gasteiger partial charge in [0.1, 0.15) is 23.0 Å². The second kappa shape index (κ2) is 18.8. The Hall–Kier alpha value is -3.40. The van der Waals surface area contributed by atoms with E-state index in [9.17, 15) is 0 Å². The van der Waals surface area contributed by atoms with Gasteiger partial charge in [0.2, 0.25) is 0 Å². The minimum absolute atomic E-state index is 0.722. The van der Waals surface area contributed by atoms with Gasteiger partial charge in [-0.2, -0.15) is 0 Å². The number of hydrogen-bond donors (Lipinski definition) is 2. The lowest BCUT2D eigenvalue weighted by Gasteiger charge is -2.14. The van der Waals surface area contributed by atoms with Crippen LogP contribution in [-0.4, -0.2) is 0 Å². The number of hydrogen-bond acceptors (Lipinski definition) is 4. The summed E-state index contributed by atoms with van der Waals surface area (Å²) in [6, 6.07) is 21.1. The van der Waals surface area contributed by atoms with Gasteiger partial charge in [-0.1, -0.05) is 76.9 Å². The SMILES string of the molecule is CCCCCCCC/C=C\CCCCCCCCc1cc(Oc2ccc(N)cc2)ccc1Oc1ccc(N)cc1. The standard InChI is InChI=1S/C36H50N2O2/c1-2-3-4-5-6-7-8-9-10-11-12-13-14-15-16-17-18-30-29-35(39-33-23-19-31(37)20-24-33)27-28-36(30)40-34-25-21-32(38)22-26-34/h9-10,19-29H,2-8,11-18,37-38H2,1H3/b10-9-. The maximum absolute atomic E-state index is 6.23. The van der Waals surface area contributed by atoms with Crippen molar-refractivity contribution in [3.8, 4) is 23.0 Å². The minimum atomic E-state index is 0.722. The molecule has 0 atom stereocenters. The Morgan fingerprint density at radius 2 is 1.00 bits per heavy atom. The Bertz CT molecular complexity index is 1110. The third-order valence-corrected chi connectivity index (χ3v) is 7.21. The van der Waals surface area contributed by atoms with E-state index in [1.165, 1.54) is 83.5 Å². The lowest BCUT2D eigenvalue weighted by molar-refractivity contribution is 0.462. The molecule has 0 aliphatic carbocycles. The van der Waals surface area contributed by atoms with Crippen LogP contribution >= 0.6 is 0 Å². The topological polar surface area (TPSA) is 70.5 Å². The summed E-state index contributed by atoms with van der Waals surface area (Å²) >= 11 is 0. The number of aryl methyl sites for hydroxylation is 1. The largest absolute Gasteiger partial charge is 0.457 e. The molecule has 0 spiro atoms. The van der Waals surface area contributed by atoms with Crippen molar-refractivity contribution in [1.29, 1.82) is 0 Å². The van der Waals surface area contributed by atoms with E-state index >= 15 is 0 Å². The molecule has 3 aromatic carbocycles. The predicted octanol–water partition coefficient (Wildman–Crippen LogP) is 11.0. The molecule has 4 nitrogen and oxygen atoms in total. The fraction of sp³-hybridized carbons (Fsp3) is 0.444. The molecule has 0 radical (unpaired) electrons. The molecule has 0 unspecified atom stereocenters. The van der Waals surface area contributed by atoms with Crippen LogP contribution in [0.1, 0.15) is 102 Å². The highest BCUT2D eigenvalue weighted by molar-refractivity contribution is 5.48. The lowest BCUT2D eigenvalue weighted by Crippen LogP contribution is -1.95. The van der Waals surface area contributed by atoms with Crippen molar-refractivity contribution < 1.29 is 9.47 Å². The molecule has 40 heavy (non-hydrogen) atoms. The van der Waals surface area contributed by atoms with Gasteiger partial charge in [-0.3, -0.25) is 0 Å². The van der Waals surface area contributed by atoms with Crippen molar-refractivity contribution in [2.75, 3.05) is 11.5 Å². The average molecular weight is 543 g/mol. The molecule has 0 saturated heterocycles. The maximum Gasteiger partial charge on any atom is 0.130 e. The van der Waals surface area contributed by atoms with Gasteiger partial charge in [0, 0.05) is 11.4 Å². The Labute approximate surface area is 242 Å². The summed E-state index contributed by atoms with van der Waals surface area (Å²) in [5.41, 5.74) is 14.3. The number of allylic oxidation sites excluding steroid dienone is 2. The van der Waals surface area contributed by atoms with Crippen LogP contribution in [-0.2, 0) is 6.42 Å². The minimum Gasteiger partial charge on any atom is -0.457 e. The van der Waals surface area contributed by atoms with Crippen LogP contribution in [0.5, 0.6) is 23.0 Å². The molecule has 0 aromatic heterocycles. The molecule has 0 amide bonds.